The molecule has 0 amide bonds. The van der Waals surface area contributed by atoms with Crippen LogP contribution in [0, 0.1) is 17.8 Å². The van der Waals surface area contributed by atoms with Crippen LogP contribution in [0.3, 0.4) is 0 Å². The van der Waals surface area contributed by atoms with Gasteiger partial charge in [0.25, 0.3) is 0 Å². The van der Waals surface area contributed by atoms with E-state index in [9.17, 15) is 4.39 Å². The summed E-state index contributed by atoms with van der Waals surface area (Å²) >= 11 is 0. The Kier molecular flexibility index (Phi) is 2.39. The summed E-state index contributed by atoms with van der Waals surface area (Å²) in [5.74, 6) is 1.87. The zero-order chi connectivity index (χ0) is 11.0. The van der Waals surface area contributed by atoms with Gasteiger partial charge >= 0.3 is 0 Å². The summed E-state index contributed by atoms with van der Waals surface area (Å²) in [7, 11) is 0. The fourth-order valence-corrected chi connectivity index (χ4v) is 2.78. The average Bonchev–Trinajstić information content (AvgIpc) is 2.72. The van der Waals surface area contributed by atoms with E-state index in [1.165, 1.54) is 6.07 Å². The van der Waals surface area contributed by atoms with Crippen LogP contribution in [-0.4, -0.2) is 18.1 Å². The van der Waals surface area contributed by atoms with Gasteiger partial charge in [0.15, 0.2) is 0 Å². The molecule has 1 aromatic rings. The highest BCUT2D eigenvalue weighted by Gasteiger charge is 2.33. The molecule has 0 bridgehead atoms. The molecule has 0 radical (unpaired) electrons. The number of aromatic nitrogens is 1. The van der Waals surface area contributed by atoms with Crippen LogP contribution in [0.1, 0.15) is 12.8 Å². The molecule has 16 heavy (non-hydrogen) atoms. The van der Waals surface area contributed by atoms with Crippen LogP contribution in [0.2, 0.25) is 0 Å². The third-order valence-electron chi connectivity index (χ3n) is 3.65. The van der Waals surface area contributed by atoms with Gasteiger partial charge in [-0.05, 0) is 36.8 Å². The van der Waals surface area contributed by atoms with Gasteiger partial charge < -0.3 is 4.90 Å². The van der Waals surface area contributed by atoms with Crippen molar-refractivity contribution in [2.75, 3.05) is 18.0 Å². The van der Waals surface area contributed by atoms with Crippen molar-refractivity contribution in [3.63, 3.8) is 0 Å². The van der Waals surface area contributed by atoms with Gasteiger partial charge in [-0.3, -0.25) is 0 Å². The predicted octanol–water partition coefficient (Wildman–Crippen LogP) is 2.62. The summed E-state index contributed by atoms with van der Waals surface area (Å²) in [6.07, 6.45) is 6.86. The number of hydrogen-bond acceptors (Lipinski definition) is 2. The fraction of sp³-hybridized carbons (Fsp3) is 0.462. The molecule has 2 unspecified atom stereocenters. The van der Waals surface area contributed by atoms with Crippen molar-refractivity contribution in [1.29, 1.82) is 0 Å². The second-order valence-corrected chi connectivity index (χ2v) is 4.69. The normalized spacial score (nSPS) is 28.2. The Morgan fingerprint density at radius 1 is 1.12 bits per heavy atom. The predicted molar refractivity (Wildman–Crippen MR) is 61.8 cm³/mol. The maximum atomic E-state index is 13.0. The molecule has 2 aliphatic rings. The van der Waals surface area contributed by atoms with Gasteiger partial charge in [-0.1, -0.05) is 18.2 Å². The lowest BCUT2D eigenvalue weighted by atomic mass is 9.86. The second-order valence-electron chi connectivity index (χ2n) is 4.69. The van der Waals surface area contributed by atoms with Crippen molar-refractivity contribution in [3.8, 4) is 0 Å². The van der Waals surface area contributed by atoms with Gasteiger partial charge in [0, 0.05) is 13.1 Å². The zero-order valence-electron chi connectivity index (χ0n) is 9.14. The first-order valence-electron chi connectivity index (χ1n) is 5.85. The summed E-state index contributed by atoms with van der Waals surface area (Å²) in [4.78, 5) is 6.17. The highest BCUT2D eigenvalue weighted by molar-refractivity contribution is 5.40. The number of hydrogen-bond donors (Lipinski definition) is 0. The van der Waals surface area contributed by atoms with E-state index in [1.54, 1.807) is 6.07 Å². The number of rotatable bonds is 1. The van der Waals surface area contributed by atoms with E-state index in [4.69, 9.17) is 0 Å². The molecule has 0 aromatic carbocycles. The minimum Gasteiger partial charge on any atom is -0.356 e. The van der Waals surface area contributed by atoms with Crippen LogP contribution in [0.4, 0.5) is 10.2 Å². The molecule has 2 heterocycles. The summed E-state index contributed by atoms with van der Waals surface area (Å²) in [5, 5.41) is 0. The SMILES string of the molecule is Fc1cccc(N2CC3CC=CCC3C2)n1. The highest BCUT2D eigenvalue weighted by atomic mass is 19.1. The van der Waals surface area contributed by atoms with Crippen molar-refractivity contribution in [3.05, 3.63) is 36.3 Å². The Hall–Kier alpha value is -1.38. The molecule has 3 heteroatoms. The number of anilines is 1. The van der Waals surface area contributed by atoms with Crippen molar-refractivity contribution in [2.45, 2.75) is 12.8 Å². The molecule has 1 aliphatic heterocycles. The Morgan fingerprint density at radius 2 is 1.81 bits per heavy atom. The van der Waals surface area contributed by atoms with Gasteiger partial charge in [-0.25, -0.2) is 4.98 Å². The molecule has 2 atom stereocenters. The van der Waals surface area contributed by atoms with Crippen LogP contribution in [0.25, 0.3) is 0 Å². The summed E-state index contributed by atoms with van der Waals surface area (Å²) in [6, 6.07) is 5.03. The standard InChI is InChI=1S/C13H15FN2/c14-12-6-3-7-13(15-12)16-8-10-4-1-2-5-11(10)9-16/h1-3,6-7,10-11H,4-5,8-9H2. The zero-order valence-corrected chi connectivity index (χ0v) is 9.14. The van der Waals surface area contributed by atoms with Crippen molar-refractivity contribution in [1.82, 2.24) is 4.98 Å². The molecule has 2 nitrogen and oxygen atoms in total. The number of allylic oxidation sites excluding steroid dienone is 2. The van der Waals surface area contributed by atoms with Gasteiger partial charge in [-0.2, -0.15) is 4.39 Å². The van der Waals surface area contributed by atoms with E-state index in [-0.39, 0.29) is 5.95 Å². The Balaban J connectivity index is 1.79. The van der Waals surface area contributed by atoms with E-state index in [0.717, 1.165) is 43.6 Å². The molecule has 1 aliphatic carbocycles. The molecule has 1 fully saturated rings. The molecule has 0 N–H and O–H groups in total. The third-order valence-corrected chi connectivity index (χ3v) is 3.65. The average molecular weight is 218 g/mol. The molecular weight excluding hydrogens is 203 g/mol. The molecular formula is C13H15FN2. The molecule has 1 saturated heterocycles. The number of fused-ring (bicyclic) bond motifs is 1. The topological polar surface area (TPSA) is 16.1 Å². The molecule has 0 spiro atoms. The molecule has 1 aromatic heterocycles. The van der Waals surface area contributed by atoms with Crippen LogP contribution in [0.5, 0.6) is 0 Å². The summed E-state index contributed by atoms with van der Waals surface area (Å²) < 4.78 is 13.0. The number of pyridine rings is 1. The molecule has 3 rings (SSSR count). The van der Waals surface area contributed by atoms with Gasteiger partial charge in [0.2, 0.25) is 5.95 Å². The Bertz CT molecular complexity index is 400. The maximum Gasteiger partial charge on any atom is 0.214 e. The third kappa shape index (κ3) is 1.70. The van der Waals surface area contributed by atoms with E-state index >= 15 is 0 Å². The fourth-order valence-electron chi connectivity index (χ4n) is 2.78. The lowest BCUT2D eigenvalue weighted by molar-refractivity contribution is 0.411. The van der Waals surface area contributed by atoms with Crippen molar-refractivity contribution in [2.24, 2.45) is 11.8 Å². The van der Waals surface area contributed by atoms with Crippen LogP contribution in [-0.2, 0) is 0 Å². The highest BCUT2D eigenvalue weighted by Crippen LogP contribution is 2.34. The largest absolute Gasteiger partial charge is 0.356 e. The van der Waals surface area contributed by atoms with Crippen LogP contribution < -0.4 is 4.90 Å². The lowest BCUT2D eigenvalue weighted by Crippen LogP contribution is -2.21. The second kappa shape index (κ2) is 3.89. The number of nitrogens with zero attached hydrogens (tertiary/aromatic N) is 2. The first-order valence-corrected chi connectivity index (χ1v) is 5.85. The number of halogens is 1. The van der Waals surface area contributed by atoms with Crippen LogP contribution in [0.15, 0.2) is 30.4 Å². The van der Waals surface area contributed by atoms with Crippen molar-refractivity contribution >= 4 is 5.82 Å². The first kappa shape index (κ1) is 9.82. The quantitative estimate of drug-likeness (QED) is 0.532. The maximum absolute atomic E-state index is 13.0. The Morgan fingerprint density at radius 3 is 2.44 bits per heavy atom. The molecule has 84 valence electrons. The molecule has 0 saturated carbocycles. The van der Waals surface area contributed by atoms with Crippen LogP contribution >= 0.6 is 0 Å². The van der Waals surface area contributed by atoms with Gasteiger partial charge in [-0.15, -0.1) is 0 Å². The van der Waals surface area contributed by atoms with E-state index in [1.807, 2.05) is 6.07 Å². The summed E-state index contributed by atoms with van der Waals surface area (Å²) in [6.45, 7) is 2.04. The van der Waals surface area contributed by atoms with E-state index in [2.05, 4.69) is 22.0 Å². The van der Waals surface area contributed by atoms with Crippen molar-refractivity contribution < 1.29 is 4.39 Å². The summed E-state index contributed by atoms with van der Waals surface area (Å²) in [5.41, 5.74) is 0. The monoisotopic (exact) mass is 218 g/mol. The first-order chi connectivity index (χ1) is 7.83. The van der Waals surface area contributed by atoms with E-state index < -0.39 is 0 Å². The smallest absolute Gasteiger partial charge is 0.214 e. The van der Waals surface area contributed by atoms with E-state index in [0.29, 0.717) is 0 Å². The minimum atomic E-state index is -0.384. The van der Waals surface area contributed by atoms with Gasteiger partial charge in [0.1, 0.15) is 5.82 Å². The minimum absolute atomic E-state index is 0.384. The Labute approximate surface area is 94.8 Å². The lowest BCUT2D eigenvalue weighted by Gasteiger charge is -2.17. The van der Waals surface area contributed by atoms with Gasteiger partial charge in [0.05, 0.1) is 0 Å².